The van der Waals surface area contributed by atoms with Crippen molar-refractivity contribution in [1.29, 1.82) is 0 Å². The van der Waals surface area contributed by atoms with E-state index in [9.17, 15) is 19.7 Å². The van der Waals surface area contributed by atoms with Crippen molar-refractivity contribution in [2.24, 2.45) is 0 Å². The molecule has 2 aromatic carbocycles. The lowest BCUT2D eigenvalue weighted by Gasteiger charge is -2.17. The van der Waals surface area contributed by atoms with Crippen LogP contribution in [0.2, 0.25) is 0 Å². The SMILES string of the molecule is CC[C@H](NC(=O)COC(=O)c1ccccc1[N+](=O)[O-])c1ccc(C)cc1. The van der Waals surface area contributed by atoms with Gasteiger partial charge in [-0.15, -0.1) is 0 Å². The van der Waals surface area contributed by atoms with E-state index in [0.29, 0.717) is 6.42 Å². The molecule has 0 saturated heterocycles. The molecule has 0 aliphatic heterocycles. The van der Waals surface area contributed by atoms with Gasteiger partial charge in [-0.2, -0.15) is 0 Å². The summed E-state index contributed by atoms with van der Waals surface area (Å²) in [5.41, 5.74) is 1.53. The van der Waals surface area contributed by atoms with Crippen LogP contribution in [0.3, 0.4) is 0 Å². The number of para-hydroxylation sites is 1. The molecule has 0 fully saturated rings. The molecule has 0 radical (unpaired) electrons. The molecule has 0 saturated carbocycles. The van der Waals surface area contributed by atoms with Crippen LogP contribution < -0.4 is 5.32 Å². The van der Waals surface area contributed by atoms with E-state index in [2.05, 4.69) is 5.32 Å². The summed E-state index contributed by atoms with van der Waals surface area (Å²) in [4.78, 5) is 34.4. The molecular weight excluding hydrogens is 336 g/mol. The average Bonchev–Trinajstić information content (AvgIpc) is 2.65. The molecule has 2 aromatic rings. The summed E-state index contributed by atoms with van der Waals surface area (Å²) < 4.78 is 4.93. The Bertz CT molecular complexity index is 802. The fraction of sp³-hybridized carbons (Fsp3) is 0.263. The van der Waals surface area contributed by atoms with E-state index in [1.165, 1.54) is 24.3 Å². The number of benzene rings is 2. The summed E-state index contributed by atoms with van der Waals surface area (Å²) in [5, 5.41) is 13.7. The molecule has 0 spiro atoms. The lowest BCUT2D eigenvalue weighted by atomic mass is 10.0. The predicted molar refractivity (Wildman–Crippen MR) is 95.7 cm³/mol. The lowest BCUT2D eigenvalue weighted by molar-refractivity contribution is -0.385. The average molecular weight is 356 g/mol. The number of esters is 1. The molecule has 0 aliphatic carbocycles. The van der Waals surface area contributed by atoms with Gasteiger partial charge >= 0.3 is 5.97 Å². The highest BCUT2D eigenvalue weighted by Gasteiger charge is 2.21. The zero-order valence-electron chi connectivity index (χ0n) is 14.6. The van der Waals surface area contributed by atoms with Gasteiger partial charge < -0.3 is 10.1 Å². The monoisotopic (exact) mass is 356 g/mol. The summed E-state index contributed by atoms with van der Waals surface area (Å²) in [5.74, 6) is -1.37. The number of nitrogens with zero attached hydrogens (tertiary/aromatic N) is 1. The molecule has 1 atom stereocenters. The molecule has 0 aliphatic rings. The number of amides is 1. The van der Waals surface area contributed by atoms with Crippen molar-refractivity contribution in [1.82, 2.24) is 5.32 Å². The maximum absolute atomic E-state index is 12.1. The van der Waals surface area contributed by atoms with Gasteiger partial charge in [0.25, 0.3) is 11.6 Å². The van der Waals surface area contributed by atoms with Crippen LogP contribution in [0.15, 0.2) is 48.5 Å². The van der Waals surface area contributed by atoms with Crippen molar-refractivity contribution < 1.29 is 19.2 Å². The molecule has 1 amide bonds. The van der Waals surface area contributed by atoms with E-state index >= 15 is 0 Å². The van der Waals surface area contributed by atoms with Crippen molar-refractivity contribution in [3.63, 3.8) is 0 Å². The third-order valence-electron chi connectivity index (χ3n) is 3.88. The molecule has 136 valence electrons. The normalized spacial score (nSPS) is 11.5. The Morgan fingerprint density at radius 1 is 1.15 bits per heavy atom. The van der Waals surface area contributed by atoms with Crippen LogP contribution in [0.5, 0.6) is 0 Å². The second-order valence-electron chi connectivity index (χ2n) is 5.79. The van der Waals surface area contributed by atoms with Gasteiger partial charge in [0.05, 0.1) is 11.0 Å². The van der Waals surface area contributed by atoms with Crippen LogP contribution in [0, 0.1) is 17.0 Å². The summed E-state index contributed by atoms with van der Waals surface area (Å²) in [6.45, 7) is 3.41. The van der Waals surface area contributed by atoms with Gasteiger partial charge in [-0.3, -0.25) is 14.9 Å². The topological polar surface area (TPSA) is 98.5 Å². The molecule has 1 N–H and O–H groups in total. The largest absolute Gasteiger partial charge is 0.452 e. The molecule has 7 heteroatoms. The van der Waals surface area contributed by atoms with Gasteiger partial charge in [-0.1, -0.05) is 48.9 Å². The third kappa shape index (κ3) is 4.89. The van der Waals surface area contributed by atoms with Gasteiger partial charge in [0, 0.05) is 6.07 Å². The van der Waals surface area contributed by atoms with Crippen LogP contribution in [-0.2, 0) is 9.53 Å². The Morgan fingerprint density at radius 2 is 1.81 bits per heavy atom. The molecule has 2 rings (SSSR count). The van der Waals surface area contributed by atoms with Gasteiger partial charge in [0.1, 0.15) is 5.56 Å². The highest BCUT2D eigenvalue weighted by Crippen LogP contribution is 2.19. The molecular formula is C19H20N2O5. The Labute approximate surface area is 151 Å². The van der Waals surface area contributed by atoms with Crippen LogP contribution >= 0.6 is 0 Å². The molecule has 0 aromatic heterocycles. The fourth-order valence-corrected chi connectivity index (χ4v) is 2.47. The zero-order valence-corrected chi connectivity index (χ0v) is 14.6. The maximum atomic E-state index is 12.1. The Kier molecular flexibility index (Phi) is 6.43. The molecule has 0 heterocycles. The first-order valence-electron chi connectivity index (χ1n) is 8.18. The third-order valence-corrected chi connectivity index (χ3v) is 3.88. The zero-order chi connectivity index (χ0) is 19.1. The number of nitrogens with one attached hydrogen (secondary N) is 1. The van der Waals surface area contributed by atoms with Crippen LogP contribution in [-0.4, -0.2) is 23.4 Å². The quantitative estimate of drug-likeness (QED) is 0.466. The lowest BCUT2D eigenvalue weighted by Crippen LogP contribution is -2.32. The van der Waals surface area contributed by atoms with Crippen LogP contribution in [0.1, 0.15) is 40.9 Å². The molecule has 0 unspecified atom stereocenters. The van der Waals surface area contributed by atoms with E-state index in [-0.39, 0.29) is 17.3 Å². The van der Waals surface area contributed by atoms with Crippen molar-refractivity contribution in [2.75, 3.05) is 6.61 Å². The number of hydrogen-bond acceptors (Lipinski definition) is 5. The number of nitro benzene ring substituents is 1. The minimum atomic E-state index is -0.907. The summed E-state index contributed by atoms with van der Waals surface area (Å²) >= 11 is 0. The predicted octanol–water partition coefficient (Wildman–Crippen LogP) is 3.33. The van der Waals surface area contributed by atoms with Crippen molar-refractivity contribution in [2.45, 2.75) is 26.3 Å². The second-order valence-corrected chi connectivity index (χ2v) is 5.79. The van der Waals surface area contributed by atoms with Gasteiger partial charge in [-0.05, 0) is 25.0 Å². The highest BCUT2D eigenvalue weighted by molar-refractivity contribution is 5.95. The fourth-order valence-electron chi connectivity index (χ4n) is 2.47. The number of hydrogen-bond donors (Lipinski definition) is 1. The Hall–Kier alpha value is -3.22. The molecule has 7 nitrogen and oxygen atoms in total. The first kappa shape index (κ1) is 19.1. The summed E-state index contributed by atoms with van der Waals surface area (Å²) in [6, 6.07) is 13.0. The van der Waals surface area contributed by atoms with Gasteiger partial charge in [0.15, 0.2) is 6.61 Å². The summed E-state index contributed by atoms with van der Waals surface area (Å²) in [6.07, 6.45) is 0.674. The maximum Gasteiger partial charge on any atom is 0.345 e. The number of ether oxygens (including phenoxy) is 1. The molecule has 26 heavy (non-hydrogen) atoms. The number of nitro groups is 1. The van der Waals surface area contributed by atoms with E-state index in [1.807, 2.05) is 38.1 Å². The van der Waals surface area contributed by atoms with E-state index < -0.39 is 23.4 Å². The number of rotatable bonds is 7. The van der Waals surface area contributed by atoms with E-state index in [1.54, 1.807) is 0 Å². The van der Waals surface area contributed by atoms with Gasteiger partial charge in [-0.25, -0.2) is 4.79 Å². The van der Waals surface area contributed by atoms with Crippen LogP contribution in [0.25, 0.3) is 0 Å². The van der Waals surface area contributed by atoms with Crippen LogP contribution in [0.4, 0.5) is 5.69 Å². The summed E-state index contributed by atoms with van der Waals surface area (Å²) in [7, 11) is 0. The van der Waals surface area contributed by atoms with E-state index in [0.717, 1.165) is 11.1 Å². The first-order chi connectivity index (χ1) is 12.4. The van der Waals surface area contributed by atoms with Crippen molar-refractivity contribution in [3.8, 4) is 0 Å². The molecule has 0 bridgehead atoms. The van der Waals surface area contributed by atoms with Crippen molar-refractivity contribution >= 4 is 17.6 Å². The smallest absolute Gasteiger partial charge is 0.345 e. The standard InChI is InChI=1S/C19H20N2O5/c1-3-16(14-10-8-13(2)9-11-14)20-18(22)12-26-19(23)15-6-4-5-7-17(15)21(24)25/h4-11,16H,3,12H2,1-2H3,(H,20,22)/t16-/m0/s1. The number of carbonyl (C=O) groups excluding carboxylic acids is 2. The Balaban J connectivity index is 1.96. The van der Waals surface area contributed by atoms with Gasteiger partial charge in [0.2, 0.25) is 0 Å². The highest BCUT2D eigenvalue weighted by atomic mass is 16.6. The first-order valence-corrected chi connectivity index (χ1v) is 8.18. The number of aryl methyl sites for hydroxylation is 1. The van der Waals surface area contributed by atoms with E-state index in [4.69, 9.17) is 4.74 Å². The number of carbonyl (C=O) groups is 2. The minimum absolute atomic E-state index is 0.184. The second kappa shape index (κ2) is 8.75. The minimum Gasteiger partial charge on any atom is -0.452 e. The van der Waals surface area contributed by atoms with Crippen molar-refractivity contribution in [3.05, 3.63) is 75.3 Å². The Morgan fingerprint density at radius 3 is 2.42 bits per heavy atom.